The molecule has 0 radical (unpaired) electrons. The molecule has 3 aromatic carbocycles. The zero-order chi connectivity index (χ0) is 20.5. The summed E-state index contributed by atoms with van der Waals surface area (Å²) in [5, 5.41) is 2.83. The average Bonchev–Trinajstić information content (AvgIpc) is 2.75. The van der Waals surface area contributed by atoms with Gasteiger partial charge in [-0.3, -0.25) is 4.79 Å². The van der Waals surface area contributed by atoms with Crippen molar-refractivity contribution in [3.05, 3.63) is 101 Å². The molecule has 29 heavy (non-hydrogen) atoms. The SMILES string of the molecule is COCc1ccc(C(=O)OCC(=O)Nc2ccccc2Cc2ccccc2)cc1. The maximum atomic E-state index is 12.3. The van der Waals surface area contributed by atoms with Gasteiger partial charge in [-0.25, -0.2) is 4.79 Å². The average molecular weight is 389 g/mol. The van der Waals surface area contributed by atoms with E-state index in [1.165, 1.54) is 0 Å². The van der Waals surface area contributed by atoms with E-state index in [9.17, 15) is 9.59 Å². The lowest BCUT2D eigenvalue weighted by Crippen LogP contribution is -2.21. The standard InChI is InChI=1S/C24H23NO4/c1-28-16-19-11-13-20(14-12-19)24(27)29-17-23(26)25-22-10-6-5-9-21(22)15-18-7-3-2-4-8-18/h2-14H,15-17H2,1H3,(H,25,26). The summed E-state index contributed by atoms with van der Waals surface area (Å²) in [5.41, 5.74) is 4.20. The number of ether oxygens (including phenoxy) is 2. The highest BCUT2D eigenvalue weighted by Crippen LogP contribution is 2.19. The molecule has 3 rings (SSSR count). The Morgan fingerprint density at radius 1 is 0.828 bits per heavy atom. The molecule has 0 aliphatic carbocycles. The third kappa shape index (κ3) is 6.02. The Balaban J connectivity index is 1.56. The van der Waals surface area contributed by atoms with Crippen molar-refractivity contribution in [3.63, 3.8) is 0 Å². The van der Waals surface area contributed by atoms with Crippen LogP contribution >= 0.6 is 0 Å². The van der Waals surface area contributed by atoms with E-state index in [1.54, 1.807) is 31.4 Å². The molecule has 0 unspecified atom stereocenters. The first-order chi connectivity index (χ1) is 14.2. The first-order valence-electron chi connectivity index (χ1n) is 9.32. The van der Waals surface area contributed by atoms with Gasteiger partial charge in [-0.05, 0) is 41.3 Å². The van der Waals surface area contributed by atoms with E-state index in [4.69, 9.17) is 9.47 Å². The van der Waals surface area contributed by atoms with Crippen LogP contribution in [0.2, 0.25) is 0 Å². The smallest absolute Gasteiger partial charge is 0.338 e. The molecule has 0 aromatic heterocycles. The number of rotatable bonds is 8. The maximum Gasteiger partial charge on any atom is 0.338 e. The van der Waals surface area contributed by atoms with Crippen molar-refractivity contribution in [3.8, 4) is 0 Å². The molecule has 1 amide bonds. The van der Waals surface area contributed by atoms with Crippen LogP contribution in [0, 0.1) is 0 Å². The lowest BCUT2D eigenvalue weighted by atomic mass is 10.0. The van der Waals surface area contributed by atoms with Crippen LogP contribution in [0.1, 0.15) is 27.0 Å². The summed E-state index contributed by atoms with van der Waals surface area (Å²) in [7, 11) is 1.61. The number of anilines is 1. The highest BCUT2D eigenvalue weighted by atomic mass is 16.5. The number of benzene rings is 3. The molecule has 5 nitrogen and oxygen atoms in total. The predicted octanol–water partition coefficient (Wildman–Crippen LogP) is 4.22. The molecule has 0 saturated heterocycles. The van der Waals surface area contributed by atoms with E-state index < -0.39 is 5.97 Å². The zero-order valence-corrected chi connectivity index (χ0v) is 16.3. The minimum atomic E-state index is -0.540. The number of carbonyl (C=O) groups is 2. The lowest BCUT2D eigenvalue weighted by Gasteiger charge is -2.11. The first kappa shape index (κ1) is 20.3. The number of carbonyl (C=O) groups excluding carboxylic acids is 2. The molecule has 148 valence electrons. The van der Waals surface area contributed by atoms with Crippen molar-refractivity contribution in [2.75, 3.05) is 19.0 Å². The molecule has 0 aliphatic heterocycles. The number of amides is 1. The van der Waals surface area contributed by atoms with Gasteiger partial charge >= 0.3 is 5.97 Å². The van der Waals surface area contributed by atoms with Gasteiger partial charge in [0.1, 0.15) is 0 Å². The molecule has 0 atom stereocenters. The highest BCUT2D eigenvalue weighted by Gasteiger charge is 2.12. The topological polar surface area (TPSA) is 64.6 Å². The number of para-hydroxylation sites is 1. The van der Waals surface area contributed by atoms with Gasteiger partial charge in [0.05, 0.1) is 12.2 Å². The Kier molecular flexibility index (Phi) is 7.14. The normalized spacial score (nSPS) is 10.4. The van der Waals surface area contributed by atoms with Crippen molar-refractivity contribution in [2.24, 2.45) is 0 Å². The summed E-state index contributed by atoms with van der Waals surface area (Å²) in [6.07, 6.45) is 0.699. The van der Waals surface area contributed by atoms with Gasteiger partial charge in [0.25, 0.3) is 5.91 Å². The van der Waals surface area contributed by atoms with Crippen molar-refractivity contribution >= 4 is 17.6 Å². The molecular weight excluding hydrogens is 366 g/mol. The Morgan fingerprint density at radius 2 is 1.52 bits per heavy atom. The van der Waals surface area contributed by atoms with Crippen LogP contribution in [0.15, 0.2) is 78.9 Å². The first-order valence-corrected chi connectivity index (χ1v) is 9.32. The number of hydrogen-bond donors (Lipinski definition) is 1. The lowest BCUT2D eigenvalue weighted by molar-refractivity contribution is -0.119. The summed E-state index contributed by atoms with van der Waals surface area (Å²) in [6.45, 7) is 0.123. The fourth-order valence-corrected chi connectivity index (χ4v) is 2.92. The van der Waals surface area contributed by atoms with Gasteiger partial charge in [0.2, 0.25) is 0 Å². The largest absolute Gasteiger partial charge is 0.452 e. The van der Waals surface area contributed by atoms with Gasteiger partial charge < -0.3 is 14.8 Å². The van der Waals surface area contributed by atoms with E-state index in [0.717, 1.165) is 16.7 Å². The molecule has 1 N–H and O–H groups in total. The summed E-state index contributed by atoms with van der Waals surface area (Å²) in [5.74, 6) is -0.920. The minimum absolute atomic E-state index is 0.349. The van der Waals surface area contributed by atoms with E-state index >= 15 is 0 Å². The second kappa shape index (κ2) is 10.2. The van der Waals surface area contributed by atoms with Crippen LogP contribution in [0.5, 0.6) is 0 Å². The fourth-order valence-electron chi connectivity index (χ4n) is 2.92. The van der Waals surface area contributed by atoms with E-state index in [1.807, 2.05) is 54.6 Å². The summed E-state index contributed by atoms with van der Waals surface area (Å²) >= 11 is 0. The minimum Gasteiger partial charge on any atom is -0.452 e. The summed E-state index contributed by atoms with van der Waals surface area (Å²) in [4.78, 5) is 24.4. The molecule has 0 fully saturated rings. The fraction of sp³-hybridized carbons (Fsp3) is 0.167. The molecule has 5 heteroatoms. The molecule has 0 spiro atoms. The second-order valence-corrected chi connectivity index (χ2v) is 6.57. The number of methoxy groups -OCH3 is 1. The molecule has 3 aromatic rings. The summed E-state index contributed by atoms with van der Waals surface area (Å²) in [6, 6.07) is 24.5. The molecular formula is C24H23NO4. The van der Waals surface area contributed by atoms with Crippen molar-refractivity contribution in [2.45, 2.75) is 13.0 Å². The highest BCUT2D eigenvalue weighted by molar-refractivity contribution is 5.96. The number of esters is 1. The van der Waals surface area contributed by atoms with Gasteiger partial charge in [-0.15, -0.1) is 0 Å². The molecule has 0 heterocycles. The Labute approximate surface area is 170 Å². The van der Waals surface area contributed by atoms with Gasteiger partial charge in [-0.1, -0.05) is 60.7 Å². The number of nitrogens with one attached hydrogen (secondary N) is 1. The monoisotopic (exact) mass is 389 g/mol. The predicted molar refractivity (Wildman–Crippen MR) is 112 cm³/mol. The third-order valence-electron chi connectivity index (χ3n) is 4.36. The van der Waals surface area contributed by atoms with E-state index in [2.05, 4.69) is 5.32 Å². The van der Waals surface area contributed by atoms with Gasteiger partial charge in [0.15, 0.2) is 6.61 Å². The van der Waals surface area contributed by atoms with E-state index in [0.29, 0.717) is 24.3 Å². The van der Waals surface area contributed by atoms with Crippen LogP contribution in [0.25, 0.3) is 0 Å². The Hall–Kier alpha value is -3.44. The van der Waals surface area contributed by atoms with Crippen LogP contribution in [-0.2, 0) is 27.3 Å². The molecule has 0 saturated carbocycles. The Bertz CT molecular complexity index is 952. The van der Waals surface area contributed by atoms with Gasteiger partial charge in [-0.2, -0.15) is 0 Å². The molecule has 0 bridgehead atoms. The van der Waals surface area contributed by atoms with Crippen LogP contribution in [0.3, 0.4) is 0 Å². The van der Waals surface area contributed by atoms with Gasteiger partial charge in [0, 0.05) is 12.8 Å². The Morgan fingerprint density at radius 3 is 2.24 bits per heavy atom. The van der Waals surface area contributed by atoms with Crippen LogP contribution in [-0.4, -0.2) is 25.6 Å². The van der Waals surface area contributed by atoms with Crippen molar-refractivity contribution in [1.29, 1.82) is 0 Å². The quantitative estimate of drug-likeness (QED) is 0.586. The second-order valence-electron chi connectivity index (χ2n) is 6.57. The van der Waals surface area contributed by atoms with Crippen molar-refractivity contribution in [1.82, 2.24) is 0 Å². The van der Waals surface area contributed by atoms with Crippen LogP contribution in [0.4, 0.5) is 5.69 Å². The summed E-state index contributed by atoms with van der Waals surface area (Å²) < 4.78 is 10.2. The van der Waals surface area contributed by atoms with E-state index in [-0.39, 0.29) is 12.5 Å². The maximum absolute atomic E-state index is 12.3. The number of hydrogen-bond acceptors (Lipinski definition) is 4. The third-order valence-corrected chi connectivity index (χ3v) is 4.36. The van der Waals surface area contributed by atoms with Crippen molar-refractivity contribution < 1.29 is 19.1 Å². The zero-order valence-electron chi connectivity index (χ0n) is 16.3. The van der Waals surface area contributed by atoms with Crippen LogP contribution < -0.4 is 5.32 Å². The molecule has 0 aliphatic rings.